The molecule has 1 unspecified atom stereocenters. The third kappa shape index (κ3) is 3.81. The van der Waals surface area contributed by atoms with Crippen LogP contribution in [0.2, 0.25) is 0 Å². The molecule has 1 aliphatic rings. The van der Waals surface area contributed by atoms with Gasteiger partial charge < -0.3 is 9.30 Å². The number of benzene rings is 2. The van der Waals surface area contributed by atoms with E-state index in [2.05, 4.69) is 4.98 Å². The van der Waals surface area contributed by atoms with Crippen molar-refractivity contribution in [1.82, 2.24) is 18.7 Å². The molecular weight excluding hydrogens is 456 g/mol. The fourth-order valence-electron chi connectivity index (χ4n) is 4.17. The molecular formula is C23H18F4N4O3. The van der Waals surface area contributed by atoms with E-state index < -0.39 is 34.5 Å². The van der Waals surface area contributed by atoms with Gasteiger partial charge in [0.2, 0.25) is 0 Å². The number of fused-ring (bicyclic) bond motifs is 1. The Balaban J connectivity index is 1.74. The second-order valence-corrected chi connectivity index (χ2v) is 8.06. The van der Waals surface area contributed by atoms with E-state index in [-0.39, 0.29) is 36.0 Å². The van der Waals surface area contributed by atoms with Crippen LogP contribution in [0.15, 0.2) is 52.3 Å². The summed E-state index contributed by atoms with van der Waals surface area (Å²) in [4.78, 5) is 30.9. The lowest BCUT2D eigenvalue weighted by Crippen LogP contribution is -2.42. The zero-order chi connectivity index (χ0) is 24.0. The molecule has 2 aromatic carbocycles. The predicted octanol–water partition coefficient (Wildman–Crippen LogP) is 3.13. The number of halogens is 4. The molecule has 3 heterocycles. The van der Waals surface area contributed by atoms with Gasteiger partial charge >= 0.3 is 5.69 Å². The Labute approximate surface area is 189 Å². The van der Waals surface area contributed by atoms with Crippen molar-refractivity contribution in [2.24, 2.45) is 0 Å². The lowest BCUT2D eigenvalue weighted by molar-refractivity contribution is 0.0950. The highest BCUT2D eigenvalue weighted by Gasteiger charge is 2.24. The summed E-state index contributed by atoms with van der Waals surface area (Å²) in [6.07, 6.45) is 2.29. The second kappa shape index (κ2) is 8.56. The molecule has 0 spiro atoms. The normalized spacial score (nSPS) is 15.9. The maximum Gasteiger partial charge on any atom is 0.337 e. The van der Waals surface area contributed by atoms with E-state index in [1.54, 1.807) is 0 Å². The Kier molecular flexibility index (Phi) is 5.56. The van der Waals surface area contributed by atoms with Gasteiger partial charge in [0.15, 0.2) is 22.8 Å². The van der Waals surface area contributed by atoms with E-state index in [4.69, 9.17) is 4.74 Å². The van der Waals surface area contributed by atoms with Gasteiger partial charge in [-0.05, 0) is 42.7 Å². The number of nitrogens with zero attached hydrogens (tertiary/aromatic N) is 4. The number of imidazole rings is 1. The zero-order valence-electron chi connectivity index (χ0n) is 17.7. The van der Waals surface area contributed by atoms with Crippen molar-refractivity contribution in [3.05, 3.63) is 92.4 Å². The number of ether oxygens (including phenoxy) is 1. The molecule has 1 atom stereocenters. The number of hydrogen-bond acceptors (Lipinski definition) is 4. The highest BCUT2D eigenvalue weighted by atomic mass is 19.2. The van der Waals surface area contributed by atoms with Crippen LogP contribution >= 0.6 is 0 Å². The van der Waals surface area contributed by atoms with E-state index in [9.17, 15) is 27.2 Å². The number of aromatic nitrogens is 4. The number of rotatable bonds is 5. The molecule has 11 heteroatoms. The third-order valence-corrected chi connectivity index (χ3v) is 5.80. The van der Waals surface area contributed by atoms with Crippen LogP contribution in [-0.2, 0) is 17.8 Å². The van der Waals surface area contributed by atoms with E-state index in [0.29, 0.717) is 24.7 Å². The molecule has 0 amide bonds. The highest BCUT2D eigenvalue weighted by Crippen LogP contribution is 2.20. The summed E-state index contributed by atoms with van der Waals surface area (Å²) in [6.45, 7) is 0.371. The van der Waals surface area contributed by atoms with Gasteiger partial charge in [-0.25, -0.2) is 31.9 Å². The molecule has 0 aliphatic carbocycles. The average molecular weight is 474 g/mol. The Morgan fingerprint density at radius 3 is 2.53 bits per heavy atom. The first-order chi connectivity index (χ1) is 16.3. The van der Waals surface area contributed by atoms with Crippen molar-refractivity contribution in [1.29, 1.82) is 0 Å². The van der Waals surface area contributed by atoms with Gasteiger partial charge in [-0.2, -0.15) is 0 Å². The third-order valence-electron chi connectivity index (χ3n) is 5.80. The van der Waals surface area contributed by atoms with Gasteiger partial charge in [-0.15, -0.1) is 0 Å². The molecule has 176 valence electrons. The zero-order valence-corrected chi connectivity index (χ0v) is 17.7. The van der Waals surface area contributed by atoms with Crippen LogP contribution in [0.4, 0.5) is 17.6 Å². The molecule has 0 radical (unpaired) electrons. The lowest BCUT2D eigenvalue weighted by Gasteiger charge is -2.15. The van der Waals surface area contributed by atoms with Crippen molar-refractivity contribution >= 4 is 11.2 Å². The van der Waals surface area contributed by atoms with E-state index in [1.807, 2.05) is 0 Å². The second-order valence-electron chi connectivity index (χ2n) is 8.06. The van der Waals surface area contributed by atoms with Crippen LogP contribution in [-0.4, -0.2) is 31.4 Å². The largest absolute Gasteiger partial charge is 0.376 e. The minimum absolute atomic E-state index is 0.0499. The van der Waals surface area contributed by atoms with Crippen molar-refractivity contribution < 1.29 is 22.3 Å². The summed E-state index contributed by atoms with van der Waals surface area (Å²) in [5, 5.41) is 0. The van der Waals surface area contributed by atoms with Crippen molar-refractivity contribution in [3.8, 4) is 5.69 Å². The van der Waals surface area contributed by atoms with Crippen LogP contribution in [0.25, 0.3) is 16.9 Å². The fraction of sp³-hybridized carbons (Fsp3) is 0.261. The molecule has 1 saturated heterocycles. The molecule has 5 rings (SSSR count). The summed E-state index contributed by atoms with van der Waals surface area (Å²) in [5.74, 6) is -3.91. The molecule has 4 aromatic rings. The quantitative estimate of drug-likeness (QED) is 0.417. The molecule has 7 nitrogen and oxygen atoms in total. The smallest absolute Gasteiger partial charge is 0.337 e. The predicted molar refractivity (Wildman–Crippen MR) is 114 cm³/mol. The topological polar surface area (TPSA) is 71.0 Å². The molecule has 34 heavy (non-hydrogen) atoms. The fourth-order valence-corrected chi connectivity index (χ4v) is 4.17. The first-order valence-electron chi connectivity index (χ1n) is 10.5. The summed E-state index contributed by atoms with van der Waals surface area (Å²) in [5.41, 5.74) is -1.67. The Hall–Kier alpha value is -3.73. The maximum absolute atomic E-state index is 14.7. The van der Waals surface area contributed by atoms with Gasteiger partial charge in [0.1, 0.15) is 11.6 Å². The van der Waals surface area contributed by atoms with Crippen LogP contribution in [0.5, 0.6) is 0 Å². The molecule has 0 saturated carbocycles. The van der Waals surface area contributed by atoms with Crippen molar-refractivity contribution in [2.75, 3.05) is 6.61 Å². The molecule has 1 fully saturated rings. The van der Waals surface area contributed by atoms with E-state index >= 15 is 0 Å². The van der Waals surface area contributed by atoms with Gasteiger partial charge in [0.25, 0.3) is 5.56 Å². The molecule has 2 aromatic heterocycles. The SMILES string of the molecule is O=c1c2c(ncn2Cc2ccc(F)c(F)c2)n(-c2ccc(F)cc2F)c(=O)n1CC1CCCO1. The first kappa shape index (κ1) is 22.1. The number of hydrogen-bond donors (Lipinski definition) is 0. The van der Waals surface area contributed by atoms with Crippen LogP contribution in [0.1, 0.15) is 18.4 Å². The molecule has 0 bridgehead atoms. The highest BCUT2D eigenvalue weighted by molar-refractivity contribution is 5.72. The summed E-state index contributed by atoms with van der Waals surface area (Å²) in [6, 6.07) is 6.00. The Bertz CT molecular complexity index is 1520. The van der Waals surface area contributed by atoms with Crippen LogP contribution in [0, 0.1) is 23.3 Å². The monoisotopic (exact) mass is 474 g/mol. The molecule has 1 aliphatic heterocycles. The van der Waals surface area contributed by atoms with Crippen LogP contribution < -0.4 is 11.2 Å². The van der Waals surface area contributed by atoms with Crippen molar-refractivity contribution in [2.45, 2.75) is 32.0 Å². The molecule has 0 N–H and O–H groups in total. The average Bonchev–Trinajstić information content (AvgIpc) is 3.45. The standard InChI is InChI=1S/C23H18F4N4O3/c24-14-4-6-19(18(27)9-14)31-21-20(22(32)30(23(31)33)11-15-2-1-7-34-15)29(12-28-21)10-13-3-5-16(25)17(26)8-13/h3-6,8-9,12,15H,1-2,7,10-11H2. The van der Waals surface area contributed by atoms with Gasteiger partial charge in [-0.1, -0.05) is 6.07 Å². The van der Waals surface area contributed by atoms with Gasteiger partial charge in [0, 0.05) is 19.2 Å². The van der Waals surface area contributed by atoms with E-state index in [0.717, 1.165) is 39.8 Å². The Morgan fingerprint density at radius 1 is 1.00 bits per heavy atom. The van der Waals surface area contributed by atoms with E-state index in [1.165, 1.54) is 17.0 Å². The summed E-state index contributed by atoms with van der Waals surface area (Å²) >= 11 is 0. The first-order valence-corrected chi connectivity index (χ1v) is 10.5. The van der Waals surface area contributed by atoms with Gasteiger partial charge in [0.05, 0.1) is 24.7 Å². The Morgan fingerprint density at radius 2 is 1.82 bits per heavy atom. The van der Waals surface area contributed by atoms with Gasteiger partial charge in [-0.3, -0.25) is 9.36 Å². The summed E-state index contributed by atoms with van der Waals surface area (Å²) < 4.78 is 64.0. The van der Waals surface area contributed by atoms with Crippen LogP contribution in [0.3, 0.4) is 0 Å². The maximum atomic E-state index is 14.7. The summed E-state index contributed by atoms with van der Waals surface area (Å²) in [7, 11) is 0. The van der Waals surface area contributed by atoms with Crippen molar-refractivity contribution in [3.63, 3.8) is 0 Å². The lowest BCUT2D eigenvalue weighted by atomic mass is 10.2. The minimum atomic E-state index is -1.05. The minimum Gasteiger partial charge on any atom is -0.376 e.